The lowest BCUT2D eigenvalue weighted by molar-refractivity contribution is -0.121. The number of hydrogen-bond donors (Lipinski definition) is 1. The van der Waals surface area contributed by atoms with E-state index in [9.17, 15) is 9.59 Å². The van der Waals surface area contributed by atoms with Gasteiger partial charge in [0.15, 0.2) is 5.78 Å². The first-order valence-corrected chi connectivity index (χ1v) is 11.6. The van der Waals surface area contributed by atoms with Crippen LogP contribution in [0.25, 0.3) is 0 Å². The van der Waals surface area contributed by atoms with E-state index in [1.54, 1.807) is 0 Å². The Morgan fingerprint density at radius 1 is 1.00 bits per heavy atom. The Labute approximate surface area is 181 Å². The second kappa shape index (κ2) is 12.3. The molecule has 0 radical (unpaired) electrons. The molecule has 0 bridgehead atoms. The molecule has 3 rings (SSSR count). The predicted octanol–water partition coefficient (Wildman–Crippen LogP) is 5.87. The van der Waals surface area contributed by atoms with Crippen LogP contribution in [0.1, 0.15) is 69.8 Å². The van der Waals surface area contributed by atoms with E-state index >= 15 is 0 Å². The third-order valence-electron chi connectivity index (χ3n) is 5.89. The lowest BCUT2D eigenvalue weighted by Gasteiger charge is -2.02. The largest absolute Gasteiger partial charge is 0.356 e. The lowest BCUT2D eigenvalue weighted by atomic mass is 10.0. The van der Waals surface area contributed by atoms with Crippen LogP contribution in [0, 0.1) is 5.92 Å². The minimum Gasteiger partial charge on any atom is -0.356 e. The molecule has 0 heterocycles. The molecule has 30 heavy (non-hydrogen) atoms. The van der Waals surface area contributed by atoms with Gasteiger partial charge in [-0.15, -0.1) is 0 Å². The quantitative estimate of drug-likeness (QED) is 0.330. The van der Waals surface area contributed by atoms with Crippen molar-refractivity contribution in [2.75, 3.05) is 6.54 Å². The van der Waals surface area contributed by atoms with Crippen LogP contribution in [0.4, 0.5) is 0 Å². The van der Waals surface area contributed by atoms with Gasteiger partial charge in [-0.05, 0) is 74.8 Å². The van der Waals surface area contributed by atoms with Gasteiger partial charge in [-0.2, -0.15) is 0 Å². The fourth-order valence-electron chi connectivity index (χ4n) is 3.82. The topological polar surface area (TPSA) is 46.2 Å². The van der Waals surface area contributed by atoms with Gasteiger partial charge >= 0.3 is 0 Å². The maximum absolute atomic E-state index is 12.2. The van der Waals surface area contributed by atoms with E-state index in [4.69, 9.17) is 0 Å². The van der Waals surface area contributed by atoms with E-state index in [0.29, 0.717) is 18.6 Å². The van der Waals surface area contributed by atoms with Gasteiger partial charge in [-0.3, -0.25) is 9.59 Å². The number of carbonyl (C=O) groups excluding carboxylic acids is 2. The van der Waals surface area contributed by atoms with Gasteiger partial charge in [0.25, 0.3) is 0 Å². The third-order valence-corrected chi connectivity index (χ3v) is 5.89. The van der Waals surface area contributed by atoms with Crippen LogP contribution in [0.5, 0.6) is 0 Å². The van der Waals surface area contributed by atoms with E-state index < -0.39 is 0 Å². The molecule has 3 nitrogen and oxygen atoms in total. The van der Waals surface area contributed by atoms with Crippen molar-refractivity contribution < 1.29 is 9.59 Å². The maximum Gasteiger partial charge on any atom is 0.220 e. The predicted molar refractivity (Wildman–Crippen MR) is 123 cm³/mol. The fourth-order valence-corrected chi connectivity index (χ4v) is 3.82. The molecule has 2 aliphatic rings. The number of ketones is 1. The third kappa shape index (κ3) is 8.14. The molecule has 0 aromatic heterocycles. The van der Waals surface area contributed by atoms with Crippen molar-refractivity contribution in [1.82, 2.24) is 5.32 Å². The lowest BCUT2D eigenvalue weighted by Crippen LogP contribution is -2.24. The highest BCUT2D eigenvalue weighted by atomic mass is 16.1. The van der Waals surface area contributed by atoms with Crippen LogP contribution in [0.3, 0.4) is 0 Å². The monoisotopic (exact) mass is 405 g/mol. The molecule has 0 unspecified atom stereocenters. The first-order valence-electron chi connectivity index (χ1n) is 11.6. The zero-order valence-electron chi connectivity index (χ0n) is 18.1. The molecule has 0 atom stereocenters. The van der Waals surface area contributed by atoms with E-state index in [2.05, 4.69) is 60.0 Å². The smallest absolute Gasteiger partial charge is 0.220 e. The molecule has 1 aromatic rings. The number of hydrogen-bond acceptors (Lipinski definition) is 2. The second-order valence-electron chi connectivity index (χ2n) is 8.52. The molecule has 1 fully saturated rings. The zero-order valence-corrected chi connectivity index (χ0v) is 18.1. The summed E-state index contributed by atoms with van der Waals surface area (Å²) >= 11 is 0. The van der Waals surface area contributed by atoms with Crippen molar-refractivity contribution in [2.45, 2.75) is 70.6 Å². The summed E-state index contributed by atoms with van der Waals surface area (Å²) in [7, 11) is 0. The summed E-state index contributed by atoms with van der Waals surface area (Å²) < 4.78 is 0. The SMILES string of the molecule is O=C(CCC/C=C\CC1=C(/C=C/CCCc2ccccc2)CCC1=O)NCC1CC1. The standard InChI is InChI=1S/C27H35NO2/c29-26-20-19-24(14-8-4-7-13-22-11-5-3-6-12-22)25(26)15-9-1-2-10-16-27(30)28-21-23-17-18-23/h1,3,5-6,8-9,11-12,14,23H,2,4,7,10,13,15-21H2,(H,28,30)/b9-1-,14-8+. The molecule has 1 aromatic carbocycles. The minimum absolute atomic E-state index is 0.170. The first-order chi connectivity index (χ1) is 14.7. The molecule has 2 aliphatic carbocycles. The van der Waals surface area contributed by atoms with E-state index in [1.807, 2.05) is 0 Å². The average molecular weight is 406 g/mol. The molecule has 160 valence electrons. The zero-order chi connectivity index (χ0) is 21.0. The van der Waals surface area contributed by atoms with Crippen molar-refractivity contribution in [2.24, 2.45) is 5.92 Å². The number of benzene rings is 1. The summed E-state index contributed by atoms with van der Waals surface area (Å²) in [4.78, 5) is 24.0. The van der Waals surface area contributed by atoms with Crippen molar-refractivity contribution in [3.05, 3.63) is 71.3 Å². The first kappa shape index (κ1) is 22.3. The van der Waals surface area contributed by atoms with Crippen LogP contribution < -0.4 is 5.32 Å². The average Bonchev–Trinajstić information content (AvgIpc) is 3.53. The van der Waals surface area contributed by atoms with Crippen LogP contribution in [-0.4, -0.2) is 18.2 Å². The number of carbonyl (C=O) groups is 2. The summed E-state index contributed by atoms with van der Waals surface area (Å²) in [5.41, 5.74) is 3.57. The van der Waals surface area contributed by atoms with Crippen molar-refractivity contribution in [3.63, 3.8) is 0 Å². The molecule has 1 saturated carbocycles. The number of nitrogens with one attached hydrogen (secondary N) is 1. The van der Waals surface area contributed by atoms with Crippen LogP contribution in [0.2, 0.25) is 0 Å². The van der Waals surface area contributed by atoms with Crippen molar-refractivity contribution in [3.8, 4) is 0 Å². The summed E-state index contributed by atoms with van der Waals surface area (Å²) in [6.07, 6.45) is 19.0. The number of aryl methyl sites for hydroxylation is 1. The Morgan fingerprint density at radius 3 is 2.60 bits per heavy atom. The summed E-state index contributed by atoms with van der Waals surface area (Å²) in [5.74, 6) is 1.20. The number of Topliss-reactive ketones (excluding diaryl/α,β-unsaturated/α-hetero) is 1. The normalized spacial score (nSPS) is 16.9. The number of amides is 1. The molecular weight excluding hydrogens is 370 g/mol. The Morgan fingerprint density at radius 2 is 1.80 bits per heavy atom. The Bertz CT molecular complexity index is 784. The Kier molecular flexibility index (Phi) is 9.14. The van der Waals surface area contributed by atoms with Crippen LogP contribution in [-0.2, 0) is 16.0 Å². The van der Waals surface area contributed by atoms with Crippen molar-refractivity contribution >= 4 is 11.7 Å². The second-order valence-corrected chi connectivity index (χ2v) is 8.52. The maximum atomic E-state index is 12.2. The Balaban J connectivity index is 1.33. The van der Waals surface area contributed by atoms with E-state index in [0.717, 1.165) is 63.0 Å². The number of allylic oxidation sites excluding steroid dienone is 6. The van der Waals surface area contributed by atoms with Gasteiger partial charge in [-0.25, -0.2) is 0 Å². The van der Waals surface area contributed by atoms with Gasteiger partial charge in [-0.1, -0.05) is 54.6 Å². The van der Waals surface area contributed by atoms with Gasteiger partial charge in [0, 0.05) is 25.0 Å². The molecule has 1 amide bonds. The fraction of sp³-hybridized carbons (Fsp3) is 0.481. The highest BCUT2D eigenvalue weighted by molar-refractivity contribution is 5.99. The summed E-state index contributed by atoms with van der Waals surface area (Å²) in [6, 6.07) is 10.6. The molecule has 1 N–H and O–H groups in total. The van der Waals surface area contributed by atoms with Gasteiger partial charge in [0.1, 0.15) is 0 Å². The van der Waals surface area contributed by atoms with Crippen molar-refractivity contribution in [1.29, 1.82) is 0 Å². The molecule has 3 heteroatoms. The van der Waals surface area contributed by atoms with Gasteiger partial charge in [0.05, 0.1) is 0 Å². The molecular formula is C27H35NO2. The number of rotatable bonds is 13. The van der Waals surface area contributed by atoms with Crippen LogP contribution >= 0.6 is 0 Å². The summed E-state index contributed by atoms with van der Waals surface area (Å²) in [6.45, 7) is 0.855. The highest BCUT2D eigenvalue weighted by Crippen LogP contribution is 2.28. The molecule has 0 aliphatic heterocycles. The minimum atomic E-state index is 0.170. The summed E-state index contributed by atoms with van der Waals surface area (Å²) in [5, 5.41) is 3.01. The highest BCUT2D eigenvalue weighted by Gasteiger charge is 2.21. The van der Waals surface area contributed by atoms with E-state index in [-0.39, 0.29) is 5.91 Å². The Hall–Kier alpha value is -2.42. The molecule has 0 spiro atoms. The van der Waals surface area contributed by atoms with E-state index in [1.165, 1.54) is 24.0 Å². The number of unbranched alkanes of at least 4 members (excludes halogenated alkanes) is 2. The van der Waals surface area contributed by atoms with Gasteiger partial charge in [0.2, 0.25) is 5.91 Å². The van der Waals surface area contributed by atoms with Gasteiger partial charge < -0.3 is 5.32 Å². The van der Waals surface area contributed by atoms with Crippen LogP contribution in [0.15, 0.2) is 65.8 Å². The molecule has 0 saturated heterocycles.